The Morgan fingerprint density at radius 2 is 1.79 bits per heavy atom. The molecule has 1 aromatic heterocycles. The predicted molar refractivity (Wildman–Crippen MR) is 108 cm³/mol. The fourth-order valence-electron chi connectivity index (χ4n) is 2.96. The fourth-order valence-corrected chi connectivity index (χ4v) is 3.59. The van der Waals surface area contributed by atoms with Gasteiger partial charge < -0.3 is 9.88 Å². The van der Waals surface area contributed by atoms with E-state index < -0.39 is 9.84 Å². The summed E-state index contributed by atoms with van der Waals surface area (Å²) < 4.78 is 25.2. The third-order valence-corrected chi connectivity index (χ3v) is 5.69. The molecule has 0 radical (unpaired) electrons. The largest absolute Gasteiger partial charge is 0.345 e. The molecule has 0 saturated heterocycles. The normalized spacial score (nSPS) is 12.5. The SMILES string of the molecule is CC[C@H](NC(=O)c1ccc(Cn2ccnc2)cc1)c1ccc(S(C)(=O)=O)cc1. The highest BCUT2D eigenvalue weighted by Crippen LogP contribution is 2.20. The van der Waals surface area contributed by atoms with Gasteiger partial charge in [0.1, 0.15) is 0 Å². The zero-order valence-electron chi connectivity index (χ0n) is 15.9. The number of hydrogen-bond acceptors (Lipinski definition) is 4. The van der Waals surface area contributed by atoms with Crippen molar-refractivity contribution < 1.29 is 13.2 Å². The van der Waals surface area contributed by atoms with Crippen molar-refractivity contribution in [2.75, 3.05) is 6.26 Å². The first kappa shape index (κ1) is 19.8. The van der Waals surface area contributed by atoms with E-state index in [1.807, 2.05) is 29.8 Å². The Balaban J connectivity index is 1.68. The van der Waals surface area contributed by atoms with Crippen molar-refractivity contribution in [1.29, 1.82) is 0 Å². The molecule has 146 valence electrons. The molecule has 3 rings (SSSR count). The summed E-state index contributed by atoms with van der Waals surface area (Å²) in [6.07, 6.45) is 7.25. The monoisotopic (exact) mass is 397 g/mol. The molecule has 3 aromatic rings. The van der Waals surface area contributed by atoms with E-state index >= 15 is 0 Å². The maximum Gasteiger partial charge on any atom is 0.251 e. The summed E-state index contributed by atoms with van der Waals surface area (Å²) in [5.74, 6) is -0.159. The summed E-state index contributed by atoms with van der Waals surface area (Å²) in [6, 6.07) is 13.9. The van der Waals surface area contributed by atoms with Gasteiger partial charge in [0, 0.05) is 30.8 Å². The van der Waals surface area contributed by atoms with Gasteiger partial charge in [0.15, 0.2) is 9.84 Å². The van der Waals surface area contributed by atoms with Crippen molar-refractivity contribution in [3.63, 3.8) is 0 Å². The van der Waals surface area contributed by atoms with Gasteiger partial charge in [-0.2, -0.15) is 0 Å². The lowest BCUT2D eigenvalue weighted by atomic mass is 10.0. The highest BCUT2D eigenvalue weighted by atomic mass is 32.2. The van der Waals surface area contributed by atoms with Crippen LogP contribution in [0.1, 0.15) is 40.9 Å². The Bertz CT molecular complexity index is 1030. The van der Waals surface area contributed by atoms with Crippen molar-refractivity contribution in [3.05, 3.63) is 83.9 Å². The van der Waals surface area contributed by atoms with Gasteiger partial charge in [-0.05, 0) is 41.8 Å². The van der Waals surface area contributed by atoms with Crippen LogP contribution in [0.2, 0.25) is 0 Å². The Morgan fingerprint density at radius 3 is 2.32 bits per heavy atom. The summed E-state index contributed by atoms with van der Waals surface area (Å²) >= 11 is 0. The molecule has 7 heteroatoms. The molecule has 0 saturated carbocycles. The maximum atomic E-state index is 12.6. The van der Waals surface area contributed by atoms with Crippen LogP contribution in [-0.2, 0) is 16.4 Å². The van der Waals surface area contributed by atoms with E-state index in [1.54, 1.807) is 48.9 Å². The van der Waals surface area contributed by atoms with Gasteiger partial charge >= 0.3 is 0 Å². The minimum Gasteiger partial charge on any atom is -0.345 e. The standard InChI is InChI=1S/C21H23N3O3S/c1-3-20(17-8-10-19(11-9-17)28(2,26)27)23-21(25)18-6-4-16(5-7-18)14-24-13-12-22-15-24/h4-13,15,20H,3,14H2,1-2H3,(H,23,25)/t20-/m0/s1. The van der Waals surface area contributed by atoms with Gasteiger partial charge in [-0.3, -0.25) is 4.79 Å². The first-order chi connectivity index (χ1) is 13.4. The molecule has 1 heterocycles. The first-order valence-electron chi connectivity index (χ1n) is 9.02. The average molecular weight is 398 g/mol. The highest BCUT2D eigenvalue weighted by molar-refractivity contribution is 7.90. The molecule has 6 nitrogen and oxygen atoms in total. The number of carbonyl (C=O) groups excluding carboxylic acids is 1. The Labute approximate surface area is 165 Å². The number of imidazole rings is 1. The Hall–Kier alpha value is -2.93. The lowest BCUT2D eigenvalue weighted by molar-refractivity contribution is 0.0935. The number of amides is 1. The number of hydrogen-bond donors (Lipinski definition) is 1. The Morgan fingerprint density at radius 1 is 1.11 bits per heavy atom. The molecule has 0 fully saturated rings. The van der Waals surface area contributed by atoms with Crippen LogP contribution in [-0.4, -0.2) is 30.1 Å². The third kappa shape index (κ3) is 4.86. The van der Waals surface area contributed by atoms with Crippen molar-refractivity contribution in [2.45, 2.75) is 30.8 Å². The van der Waals surface area contributed by atoms with Gasteiger partial charge in [-0.15, -0.1) is 0 Å². The van der Waals surface area contributed by atoms with Crippen molar-refractivity contribution in [2.24, 2.45) is 0 Å². The summed E-state index contributed by atoms with van der Waals surface area (Å²) in [7, 11) is -3.23. The second kappa shape index (κ2) is 8.39. The molecule has 0 aliphatic rings. The molecule has 0 spiro atoms. The molecule has 0 aliphatic heterocycles. The molecule has 1 amide bonds. The molecule has 2 aromatic carbocycles. The summed E-state index contributed by atoms with van der Waals surface area (Å²) in [6.45, 7) is 2.68. The first-order valence-corrected chi connectivity index (χ1v) is 10.9. The smallest absolute Gasteiger partial charge is 0.251 e. The third-order valence-electron chi connectivity index (χ3n) is 4.56. The van der Waals surface area contributed by atoms with Crippen molar-refractivity contribution >= 4 is 15.7 Å². The van der Waals surface area contributed by atoms with E-state index in [0.717, 1.165) is 11.1 Å². The number of rotatable bonds is 7. The minimum absolute atomic E-state index is 0.159. The number of nitrogens with one attached hydrogen (secondary N) is 1. The average Bonchev–Trinajstić information content (AvgIpc) is 3.19. The van der Waals surface area contributed by atoms with E-state index in [1.165, 1.54) is 6.26 Å². The van der Waals surface area contributed by atoms with E-state index in [9.17, 15) is 13.2 Å². The van der Waals surface area contributed by atoms with E-state index in [4.69, 9.17) is 0 Å². The van der Waals surface area contributed by atoms with E-state index in [2.05, 4.69) is 10.3 Å². The minimum atomic E-state index is -3.23. The summed E-state index contributed by atoms with van der Waals surface area (Å²) in [5.41, 5.74) is 2.54. The van der Waals surface area contributed by atoms with Crippen LogP contribution in [0.4, 0.5) is 0 Å². The second-order valence-corrected chi connectivity index (χ2v) is 8.72. The molecule has 1 N–H and O–H groups in total. The van der Waals surface area contributed by atoms with Crippen LogP contribution in [0, 0.1) is 0 Å². The van der Waals surface area contributed by atoms with Crippen LogP contribution < -0.4 is 5.32 Å². The maximum absolute atomic E-state index is 12.6. The van der Waals surface area contributed by atoms with Gasteiger partial charge in [0.2, 0.25) is 0 Å². The lowest BCUT2D eigenvalue weighted by Crippen LogP contribution is -2.28. The molecule has 0 unspecified atom stereocenters. The molecule has 0 aliphatic carbocycles. The quantitative estimate of drug-likeness (QED) is 0.664. The van der Waals surface area contributed by atoms with Crippen LogP contribution in [0.3, 0.4) is 0 Å². The molecule has 1 atom stereocenters. The zero-order valence-corrected chi connectivity index (χ0v) is 16.7. The summed E-state index contributed by atoms with van der Waals surface area (Å²) in [4.78, 5) is 16.9. The summed E-state index contributed by atoms with van der Waals surface area (Å²) in [5, 5.41) is 3.02. The van der Waals surface area contributed by atoms with Gasteiger partial charge in [-0.1, -0.05) is 31.2 Å². The van der Waals surface area contributed by atoms with Gasteiger partial charge in [0.25, 0.3) is 5.91 Å². The highest BCUT2D eigenvalue weighted by Gasteiger charge is 2.15. The number of sulfone groups is 1. The van der Waals surface area contributed by atoms with Gasteiger partial charge in [0.05, 0.1) is 17.3 Å². The number of nitrogens with zero attached hydrogens (tertiary/aromatic N) is 2. The van der Waals surface area contributed by atoms with Crippen LogP contribution in [0.25, 0.3) is 0 Å². The molecular weight excluding hydrogens is 374 g/mol. The zero-order chi connectivity index (χ0) is 20.1. The van der Waals surface area contributed by atoms with E-state index in [-0.39, 0.29) is 16.8 Å². The number of aromatic nitrogens is 2. The molecule has 28 heavy (non-hydrogen) atoms. The molecular formula is C21H23N3O3S. The molecule has 0 bridgehead atoms. The second-order valence-electron chi connectivity index (χ2n) is 6.71. The van der Waals surface area contributed by atoms with Crippen LogP contribution in [0.5, 0.6) is 0 Å². The topological polar surface area (TPSA) is 81.1 Å². The van der Waals surface area contributed by atoms with E-state index in [0.29, 0.717) is 18.5 Å². The fraction of sp³-hybridized carbons (Fsp3) is 0.238. The number of carbonyl (C=O) groups is 1. The van der Waals surface area contributed by atoms with Crippen LogP contribution in [0.15, 0.2) is 72.1 Å². The van der Waals surface area contributed by atoms with Gasteiger partial charge in [-0.25, -0.2) is 13.4 Å². The van der Waals surface area contributed by atoms with Crippen molar-refractivity contribution in [1.82, 2.24) is 14.9 Å². The predicted octanol–water partition coefficient (Wildman–Crippen LogP) is 3.22. The van der Waals surface area contributed by atoms with Crippen LogP contribution >= 0.6 is 0 Å². The van der Waals surface area contributed by atoms with Crippen molar-refractivity contribution in [3.8, 4) is 0 Å². The Kier molecular flexibility index (Phi) is 5.94. The number of benzene rings is 2. The lowest BCUT2D eigenvalue weighted by Gasteiger charge is -2.18.